The van der Waals surface area contributed by atoms with E-state index in [0.717, 1.165) is 18.0 Å². The smallest absolute Gasteiger partial charge is 0.256 e. The van der Waals surface area contributed by atoms with Crippen LogP contribution in [0.15, 0.2) is 24.3 Å². The number of hydrogen-bond donors (Lipinski definition) is 1. The summed E-state index contributed by atoms with van der Waals surface area (Å²) in [7, 11) is 5.58. The molecule has 0 aliphatic heterocycles. The number of likely N-dealkylation sites (N-methyl/N-ethyl adjacent to an activating group) is 1. The number of nitrogens with one attached hydrogen (secondary N) is 1. The molecule has 1 unspecified atom stereocenters. The predicted octanol–water partition coefficient (Wildman–Crippen LogP) is 3.02. The third-order valence-electron chi connectivity index (χ3n) is 3.65. The van der Waals surface area contributed by atoms with E-state index in [1.165, 1.54) is 0 Å². The van der Waals surface area contributed by atoms with Crippen LogP contribution in [0, 0.1) is 5.92 Å². The summed E-state index contributed by atoms with van der Waals surface area (Å²) in [5, 5.41) is 2.91. The molecule has 0 spiro atoms. The maximum atomic E-state index is 12.5. The van der Waals surface area contributed by atoms with Gasteiger partial charge < -0.3 is 19.7 Å². The fourth-order valence-corrected chi connectivity index (χ4v) is 2.29. The van der Waals surface area contributed by atoms with Crippen molar-refractivity contribution in [1.29, 1.82) is 0 Å². The van der Waals surface area contributed by atoms with Gasteiger partial charge in [-0.15, -0.1) is 0 Å². The van der Waals surface area contributed by atoms with Crippen LogP contribution in [0.4, 0.5) is 5.69 Å². The van der Waals surface area contributed by atoms with Crippen molar-refractivity contribution in [3.05, 3.63) is 24.3 Å². The van der Waals surface area contributed by atoms with E-state index in [4.69, 9.17) is 9.47 Å². The van der Waals surface area contributed by atoms with Gasteiger partial charge in [-0.2, -0.15) is 0 Å². The first kappa shape index (κ1) is 19.5. The Kier molecular flexibility index (Phi) is 7.52. The van der Waals surface area contributed by atoms with E-state index in [1.54, 1.807) is 7.11 Å². The number of anilines is 1. The van der Waals surface area contributed by atoms with Crippen LogP contribution in [-0.2, 0) is 9.53 Å². The monoisotopic (exact) mass is 322 g/mol. The first-order chi connectivity index (χ1) is 10.8. The largest absolute Gasteiger partial charge is 0.492 e. The molecule has 0 aromatic heterocycles. The molecule has 1 amide bonds. The average Bonchev–Trinajstić information content (AvgIpc) is 2.47. The normalized spacial score (nSPS) is 13.9. The SMILES string of the molecule is COC(C)(CC(C)C)C(=O)Nc1ccc(OCCN(C)C)cc1. The van der Waals surface area contributed by atoms with Crippen LogP contribution in [0.25, 0.3) is 0 Å². The van der Waals surface area contributed by atoms with Gasteiger partial charge in [-0.25, -0.2) is 0 Å². The predicted molar refractivity (Wildman–Crippen MR) is 94.0 cm³/mol. The van der Waals surface area contributed by atoms with Crippen LogP contribution in [0.1, 0.15) is 27.2 Å². The topological polar surface area (TPSA) is 50.8 Å². The summed E-state index contributed by atoms with van der Waals surface area (Å²) in [6.07, 6.45) is 0.668. The van der Waals surface area contributed by atoms with Crippen LogP contribution in [0.2, 0.25) is 0 Å². The van der Waals surface area contributed by atoms with Crippen molar-refractivity contribution in [2.45, 2.75) is 32.8 Å². The third-order valence-corrected chi connectivity index (χ3v) is 3.65. The summed E-state index contributed by atoms with van der Waals surface area (Å²) >= 11 is 0. The Bertz CT molecular complexity index is 486. The zero-order valence-corrected chi connectivity index (χ0v) is 15.2. The first-order valence-corrected chi connectivity index (χ1v) is 8.01. The van der Waals surface area contributed by atoms with E-state index in [9.17, 15) is 4.79 Å². The van der Waals surface area contributed by atoms with Gasteiger partial charge in [-0.05, 0) is 57.6 Å². The number of nitrogens with zero attached hydrogens (tertiary/aromatic N) is 1. The Morgan fingerprint density at radius 1 is 1.26 bits per heavy atom. The summed E-state index contributed by atoms with van der Waals surface area (Å²) in [4.78, 5) is 14.5. The van der Waals surface area contributed by atoms with Crippen LogP contribution in [0.3, 0.4) is 0 Å². The molecule has 23 heavy (non-hydrogen) atoms. The number of methoxy groups -OCH3 is 1. The minimum Gasteiger partial charge on any atom is -0.492 e. The highest BCUT2D eigenvalue weighted by Crippen LogP contribution is 2.23. The molecule has 1 rings (SSSR count). The van der Waals surface area contributed by atoms with Crippen molar-refractivity contribution < 1.29 is 14.3 Å². The molecule has 130 valence electrons. The van der Waals surface area contributed by atoms with Gasteiger partial charge in [0.1, 0.15) is 18.0 Å². The van der Waals surface area contributed by atoms with Crippen molar-refractivity contribution in [1.82, 2.24) is 4.90 Å². The second-order valence-corrected chi connectivity index (χ2v) is 6.66. The molecule has 0 radical (unpaired) electrons. The van der Waals surface area contributed by atoms with Crippen molar-refractivity contribution in [2.75, 3.05) is 39.7 Å². The minimum absolute atomic E-state index is 0.130. The van der Waals surface area contributed by atoms with Gasteiger partial charge in [0.05, 0.1) is 0 Å². The van der Waals surface area contributed by atoms with Crippen molar-refractivity contribution in [3.8, 4) is 5.75 Å². The highest BCUT2D eigenvalue weighted by Gasteiger charge is 2.33. The molecule has 0 fully saturated rings. The van der Waals surface area contributed by atoms with Gasteiger partial charge in [0.2, 0.25) is 0 Å². The molecule has 0 aliphatic rings. The van der Waals surface area contributed by atoms with Crippen LogP contribution < -0.4 is 10.1 Å². The second-order valence-electron chi connectivity index (χ2n) is 6.66. The lowest BCUT2D eigenvalue weighted by atomic mass is 9.93. The summed E-state index contributed by atoms with van der Waals surface area (Å²) in [6, 6.07) is 7.40. The van der Waals surface area contributed by atoms with E-state index in [1.807, 2.05) is 45.3 Å². The molecule has 5 heteroatoms. The highest BCUT2D eigenvalue weighted by molar-refractivity contribution is 5.97. The van der Waals surface area contributed by atoms with Gasteiger partial charge in [0.25, 0.3) is 5.91 Å². The Morgan fingerprint density at radius 3 is 2.35 bits per heavy atom. The highest BCUT2D eigenvalue weighted by atomic mass is 16.5. The fourth-order valence-electron chi connectivity index (χ4n) is 2.29. The Morgan fingerprint density at radius 2 is 1.87 bits per heavy atom. The minimum atomic E-state index is -0.824. The molecule has 1 aromatic rings. The zero-order chi connectivity index (χ0) is 17.5. The number of rotatable bonds is 9. The summed E-state index contributed by atoms with van der Waals surface area (Å²) < 4.78 is 11.1. The molecule has 0 aliphatic carbocycles. The lowest BCUT2D eigenvalue weighted by molar-refractivity contribution is -0.137. The average molecular weight is 322 g/mol. The van der Waals surface area contributed by atoms with Crippen molar-refractivity contribution in [3.63, 3.8) is 0 Å². The molecule has 0 saturated heterocycles. The van der Waals surface area contributed by atoms with Crippen molar-refractivity contribution in [2.24, 2.45) is 5.92 Å². The van der Waals surface area contributed by atoms with Crippen LogP contribution in [-0.4, -0.2) is 50.8 Å². The van der Waals surface area contributed by atoms with E-state index < -0.39 is 5.60 Å². The molecule has 0 heterocycles. The number of hydrogen-bond acceptors (Lipinski definition) is 4. The van der Waals surface area contributed by atoms with Crippen molar-refractivity contribution >= 4 is 11.6 Å². The van der Waals surface area contributed by atoms with Gasteiger partial charge in [-0.1, -0.05) is 13.8 Å². The van der Waals surface area contributed by atoms with Crippen LogP contribution >= 0.6 is 0 Å². The Labute approximate surface area is 140 Å². The van der Waals surface area contributed by atoms with E-state index in [0.29, 0.717) is 18.9 Å². The number of ether oxygens (including phenoxy) is 2. The molecular formula is C18H30N2O3. The summed E-state index contributed by atoms with van der Waals surface area (Å²) in [5.74, 6) is 1.04. The maximum Gasteiger partial charge on any atom is 0.256 e. The van der Waals surface area contributed by atoms with Gasteiger partial charge in [0.15, 0.2) is 0 Å². The molecule has 0 saturated carbocycles. The Hall–Kier alpha value is -1.59. The quantitative estimate of drug-likeness (QED) is 0.759. The maximum absolute atomic E-state index is 12.5. The number of carbonyl (C=O) groups is 1. The zero-order valence-electron chi connectivity index (χ0n) is 15.2. The standard InChI is InChI=1S/C18H30N2O3/c1-14(2)13-18(3,22-6)17(21)19-15-7-9-16(10-8-15)23-12-11-20(4)5/h7-10,14H,11-13H2,1-6H3,(H,19,21). The van der Waals surface area contributed by atoms with Gasteiger partial charge in [0, 0.05) is 19.3 Å². The molecule has 1 aromatic carbocycles. The van der Waals surface area contributed by atoms with E-state index >= 15 is 0 Å². The van der Waals surface area contributed by atoms with Crippen LogP contribution in [0.5, 0.6) is 5.75 Å². The molecule has 0 bridgehead atoms. The second kappa shape index (κ2) is 8.89. The molecule has 5 nitrogen and oxygen atoms in total. The number of benzene rings is 1. The molecular weight excluding hydrogens is 292 g/mol. The number of carbonyl (C=O) groups excluding carboxylic acids is 1. The van der Waals surface area contributed by atoms with E-state index in [2.05, 4.69) is 24.1 Å². The van der Waals surface area contributed by atoms with E-state index in [-0.39, 0.29) is 5.91 Å². The lowest BCUT2D eigenvalue weighted by Crippen LogP contribution is -2.43. The summed E-state index contributed by atoms with van der Waals surface area (Å²) in [5.41, 5.74) is -0.0864. The third kappa shape index (κ3) is 6.59. The first-order valence-electron chi connectivity index (χ1n) is 8.01. The van der Waals surface area contributed by atoms with Gasteiger partial charge >= 0.3 is 0 Å². The number of amides is 1. The fraction of sp³-hybridized carbons (Fsp3) is 0.611. The summed E-state index contributed by atoms with van der Waals surface area (Å²) in [6.45, 7) is 7.46. The van der Waals surface area contributed by atoms with Gasteiger partial charge in [-0.3, -0.25) is 4.79 Å². The Balaban J connectivity index is 2.61. The molecule has 1 N–H and O–H groups in total. The molecule has 1 atom stereocenters. The lowest BCUT2D eigenvalue weighted by Gasteiger charge is -2.28.